The number of nitrogens with one attached hydrogen (secondary N) is 2. The van der Waals surface area contributed by atoms with Gasteiger partial charge in [-0.25, -0.2) is 4.39 Å². The fraction of sp³-hybridized carbons (Fsp3) is 0.360. The van der Waals surface area contributed by atoms with Gasteiger partial charge < -0.3 is 26.5 Å². The lowest BCUT2D eigenvalue weighted by atomic mass is 10.1. The predicted molar refractivity (Wildman–Crippen MR) is 132 cm³/mol. The number of nitrogens with two attached hydrogens (primary N) is 1. The number of nitrogens with zero attached hydrogens (tertiary/aromatic N) is 4. The molecule has 4 rings (SSSR count). The zero-order chi connectivity index (χ0) is 26.4. The van der Waals surface area contributed by atoms with E-state index in [1.807, 2.05) is 0 Å². The van der Waals surface area contributed by atoms with Gasteiger partial charge in [-0.2, -0.15) is 9.18 Å². The highest BCUT2D eigenvalue weighted by Crippen LogP contribution is 2.19. The van der Waals surface area contributed by atoms with Gasteiger partial charge >= 0.3 is 0 Å². The smallest absolute Gasteiger partial charge is 0.252 e. The summed E-state index contributed by atoms with van der Waals surface area (Å²) in [5.41, 5.74) is 10.5. The maximum absolute atomic E-state index is 13.9. The molecule has 1 fully saturated rings. The molecule has 37 heavy (non-hydrogen) atoms. The van der Waals surface area contributed by atoms with E-state index >= 15 is 0 Å². The monoisotopic (exact) mass is 513 g/mol. The molecule has 0 bridgehead atoms. The Labute approximate surface area is 212 Å². The number of aromatic nitrogens is 3. The van der Waals surface area contributed by atoms with E-state index in [0.717, 1.165) is 18.4 Å². The third kappa shape index (κ3) is 6.46. The van der Waals surface area contributed by atoms with Crippen molar-refractivity contribution in [2.75, 3.05) is 31.7 Å². The average Bonchev–Trinajstić information content (AvgIpc) is 3.52. The normalized spacial score (nSPS) is 16.0. The number of hydrogen-bond donors (Lipinski definition) is 4. The quantitative estimate of drug-likeness (QED) is 0.318. The van der Waals surface area contributed by atoms with Crippen molar-refractivity contribution in [1.82, 2.24) is 25.1 Å². The molecule has 1 saturated heterocycles. The molecule has 10 nitrogen and oxygen atoms in total. The second-order valence-corrected chi connectivity index (χ2v) is 8.81. The third-order valence-electron chi connectivity index (χ3n) is 6.20. The van der Waals surface area contributed by atoms with Crippen molar-refractivity contribution in [2.45, 2.75) is 31.3 Å². The molecule has 2 atom stereocenters. The van der Waals surface area contributed by atoms with Gasteiger partial charge in [-0.15, -0.1) is 5.10 Å². The fourth-order valence-corrected chi connectivity index (χ4v) is 4.28. The Bertz CT molecular complexity index is 1240. The minimum atomic E-state index is -0.970. The van der Waals surface area contributed by atoms with E-state index in [0.29, 0.717) is 36.5 Å². The molecule has 0 spiro atoms. The van der Waals surface area contributed by atoms with Crippen LogP contribution in [0.25, 0.3) is 11.4 Å². The van der Waals surface area contributed by atoms with Crippen LogP contribution in [0.15, 0.2) is 48.7 Å². The van der Waals surface area contributed by atoms with Gasteiger partial charge in [0.05, 0.1) is 17.9 Å². The Balaban J connectivity index is 1.35. The van der Waals surface area contributed by atoms with Crippen LogP contribution in [-0.2, 0) is 11.2 Å². The summed E-state index contributed by atoms with van der Waals surface area (Å²) >= 11 is 0. The molecule has 0 radical (unpaired) electrons. The van der Waals surface area contributed by atoms with Crippen molar-refractivity contribution in [1.29, 1.82) is 0 Å². The Morgan fingerprint density at radius 2 is 2.05 bits per heavy atom. The largest absolute Gasteiger partial charge is 0.394 e. The molecule has 1 aliphatic heterocycles. The summed E-state index contributed by atoms with van der Waals surface area (Å²) in [5, 5.41) is 15.8. The van der Waals surface area contributed by atoms with Gasteiger partial charge in [0.1, 0.15) is 17.6 Å². The minimum Gasteiger partial charge on any atom is -0.394 e. The maximum atomic E-state index is 13.9. The van der Waals surface area contributed by atoms with E-state index in [9.17, 15) is 18.4 Å². The first-order valence-corrected chi connectivity index (χ1v) is 12.0. The molecule has 0 saturated carbocycles. The van der Waals surface area contributed by atoms with Crippen LogP contribution in [0.2, 0.25) is 0 Å². The summed E-state index contributed by atoms with van der Waals surface area (Å²) in [6, 6.07) is 9.44. The van der Waals surface area contributed by atoms with Gasteiger partial charge in [-0.05, 0) is 49.1 Å². The van der Waals surface area contributed by atoms with Crippen molar-refractivity contribution < 1.29 is 23.5 Å². The predicted octanol–water partition coefficient (Wildman–Crippen LogP) is 1.05. The van der Waals surface area contributed by atoms with Gasteiger partial charge in [0, 0.05) is 37.9 Å². The number of aliphatic hydroxyl groups is 1. The first-order chi connectivity index (χ1) is 17.9. The summed E-state index contributed by atoms with van der Waals surface area (Å²) < 4.78 is 27.3. The van der Waals surface area contributed by atoms with Crippen LogP contribution in [0, 0.1) is 11.8 Å². The average molecular weight is 514 g/mol. The molecule has 0 unspecified atom stereocenters. The number of halogens is 2. The van der Waals surface area contributed by atoms with Gasteiger partial charge in [-0.3, -0.25) is 14.6 Å². The SMILES string of the molecule is N[C@@H](CO)C(=O)N1CCC[C@@H]1CNC(=O)c1ccc(-c2cc(F)nn2NCCc2cccc(F)c2)nc1. The number of hydrogen-bond acceptors (Lipinski definition) is 7. The lowest BCUT2D eigenvalue weighted by Crippen LogP contribution is -2.50. The Morgan fingerprint density at radius 3 is 2.78 bits per heavy atom. The number of benzene rings is 1. The zero-order valence-corrected chi connectivity index (χ0v) is 20.1. The molecule has 196 valence electrons. The van der Waals surface area contributed by atoms with Crippen molar-refractivity contribution in [3.05, 3.63) is 71.6 Å². The van der Waals surface area contributed by atoms with Crippen molar-refractivity contribution in [2.24, 2.45) is 5.73 Å². The summed E-state index contributed by atoms with van der Waals surface area (Å²) in [4.78, 5) is 32.1. The molecular weight excluding hydrogens is 484 g/mol. The number of carbonyl (C=O) groups excluding carboxylic acids is 2. The van der Waals surface area contributed by atoms with E-state index in [2.05, 4.69) is 20.8 Å². The molecule has 5 N–H and O–H groups in total. The zero-order valence-electron chi connectivity index (χ0n) is 20.1. The highest BCUT2D eigenvalue weighted by Gasteiger charge is 2.31. The van der Waals surface area contributed by atoms with Crippen LogP contribution in [0.4, 0.5) is 8.78 Å². The summed E-state index contributed by atoms with van der Waals surface area (Å²) in [5.74, 6) is -1.72. The standard InChI is InChI=1S/C25H29F2N7O3/c26-18-4-1-3-16(11-18)8-9-31-34-22(12-23(27)32-34)21-7-6-17(13-29-21)24(36)30-14-19-5-2-10-33(19)25(37)20(28)15-35/h1,3-4,6-7,11-13,19-20,31,35H,2,5,8-10,14-15,28H2,(H,30,36)/t19-,20+/m1/s1. The van der Waals surface area contributed by atoms with E-state index < -0.39 is 18.6 Å². The molecule has 0 aliphatic carbocycles. The lowest BCUT2D eigenvalue weighted by molar-refractivity contribution is -0.134. The Kier molecular flexibility index (Phi) is 8.41. The number of pyridine rings is 1. The molecule has 1 aromatic carbocycles. The number of rotatable bonds is 10. The molecule has 2 amide bonds. The van der Waals surface area contributed by atoms with Gasteiger partial charge in [0.25, 0.3) is 5.91 Å². The molecule has 3 aromatic rings. The van der Waals surface area contributed by atoms with Crippen molar-refractivity contribution >= 4 is 11.8 Å². The van der Waals surface area contributed by atoms with Crippen molar-refractivity contribution in [3.8, 4) is 11.4 Å². The van der Waals surface area contributed by atoms with Crippen LogP contribution in [0.5, 0.6) is 0 Å². The second kappa shape index (κ2) is 11.9. The van der Waals surface area contributed by atoms with E-state index in [1.165, 1.54) is 29.2 Å². The van der Waals surface area contributed by atoms with E-state index in [-0.39, 0.29) is 30.2 Å². The van der Waals surface area contributed by atoms with E-state index in [4.69, 9.17) is 10.8 Å². The lowest BCUT2D eigenvalue weighted by Gasteiger charge is -2.27. The summed E-state index contributed by atoms with van der Waals surface area (Å²) in [6.07, 6.45) is 3.40. The van der Waals surface area contributed by atoms with Gasteiger partial charge in [-0.1, -0.05) is 12.1 Å². The van der Waals surface area contributed by atoms with Gasteiger partial charge in [0.2, 0.25) is 11.9 Å². The Morgan fingerprint density at radius 1 is 1.22 bits per heavy atom. The second-order valence-electron chi connectivity index (χ2n) is 8.81. The molecule has 2 aromatic heterocycles. The number of aliphatic hydroxyl groups excluding tert-OH is 1. The number of likely N-dealkylation sites (tertiary alicyclic amines) is 1. The highest BCUT2D eigenvalue weighted by molar-refractivity contribution is 5.94. The maximum Gasteiger partial charge on any atom is 0.252 e. The minimum absolute atomic E-state index is 0.197. The van der Waals surface area contributed by atoms with Crippen LogP contribution in [-0.4, -0.2) is 75.0 Å². The summed E-state index contributed by atoms with van der Waals surface area (Å²) in [6.45, 7) is 0.723. The van der Waals surface area contributed by atoms with Crippen LogP contribution >= 0.6 is 0 Å². The van der Waals surface area contributed by atoms with Crippen molar-refractivity contribution in [3.63, 3.8) is 0 Å². The molecule has 1 aliphatic rings. The number of amides is 2. The fourth-order valence-electron chi connectivity index (χ4n) is 4.28. The summed E-state index contributed by atoms with van der Waals surface area (Å²) in [7, 11) is 0. The number of carbonyl (C=O) groups is 2. The molecular formula is C25H29F2N7O3. The molecule has 12 heteroatoms. The van der Waals surface area contributed by atoms with Crippen LogP contribution < -0.4 is 16.5 Å². The third-order valence-corrected chi connectivity index (χ3v) is 6.20. The first kappa shape index (κ1) is 26.2. The van der Waals surface area contributed by atoms with Gasteiger partial charge in [0.15, 0.2) is 0 Å². The van der Waals surface area contributed by atoms with Crippen LogP contribution in [0.1, 0.15) is 28.8 Å². The van der Waals surface area contributed by atoms with Crippen LogP contribution in [0.3, 0.4) is 0 Å². The molecule has 3 heterocycles. The highest BCUT2D eigenvalue weighted by atomic mass is 19.1. The Hall–Kier alpha value is -3.90. The van der Waals surface area contributed by atoms with E-state index in [1.54, 1.807) is 29.2 Å². The topological polar surface area (TPSA) is 138 Å². The first-order valence-electron chi connectivity index (χ1n) is 12.0.